The second-order valence-electron chi connectivity index (χ2n) is 8.19. The summed E-state index contributed by atoms with van der Waals surface area (Å²) < 4.78 is 2.70. The van der Waals surface area contributed by atoms with Crippen LogP contribution in [0, 0.1) is 13.8 Å². The number of rotatable bonds is 4. The van der Waals surface area contributed by atoms with E-state index in [1.807, 2.05) is 50.2 Å². The van der Waals surface area contributed by atoms with Crippen LogP contribution in [0.15, 0.2) is 59.4 Å². The van der Waals surface area contributed by atoms with E-state index in [0.717, 1.165) is 24.2 Å². The van der Waals surface area contributed by atoms with Gasteiger partial charge in [-0.1, -0.05) is 36.4 Å². The van der Waals surface area contributed by atoms with Crippen molar-refractivity contribution < 1.29 is 4.79 Å². The first kappa shape index (κ1) is 20.0. The zero-order chi connectivity index (χ0) is 22.2. The number of anilines is 2. The fourth-order valence-corrected chi connectivity index (χ4v) is 4.17. The molecule has 2 aromatic carbocycles. The van der Waals surface area contributed by atoms with Gasteiger partial charge in [-0.25, -0.2) is 18.9 Å². The largest absolute Gasteiger partial charge is 0.353 e. The SMILES string of the molecule is Cc1cccc(NC(=O)Cn2nc3cc(C)nc(N4CCc5ccccc5C4)n3c2=O)c1. The average molecular weight is 428 g/mol. The number of amides is 1. The highest BCUT2D eigenvalue weighted by Crippen LogP contribution is 2.23. The highest BCUT2D eigenvalue weighted by Gasteiger charge is 2.22. The molecule has 3 heterocycles. The van der Waals surface area contributed by atoms with Crippen molar-refractivity contribution in [1.82, 2.24) is 19.2 Å². The molecule has 0 bridgehead atoms. The minimum atomic E-state index is -0.374. The van der Waals surface area contributed by atoms with E-state index in [0.29, 0.717) is 23.8 Å². The van der Waals surface area contributed by atoms with E-state index < -0.39 is 0 Å². The number of aryl methyl sites for hydroxylation is 2. The summed E-state index contributed by atoms with van der Waals surface area (Å²) in [5, 5.41) is 7.24. The number of hydrogen-bond acceptors (Lipinski definition) is 5. The van der Waals surface area contributed by atoms with E-state index in [1.165, 1.54) is 20.2 Å². The Morgan fingerprint density at radius 2 is 1.88 bits per heavy atom. The zero-order valence-electron chi connectivity index (χ0n) is 18.1. The smallest absolute Gasteiger partial charge is 0.337 e. The lowest BCUT2D eigenvalue weighted by molar-refractivity contribution is -0.117. The van der Waals surface area contributed by atoms with Crippen molar-refractivity contribution in [2.45, 2.75) is 33.4 Å². The summed E-state index contributed by atoms with van der Waals surface area (Å²) in [5.41, 5.74) is 5.17. The number of fused-ring (bicyclic) bond motifs is 2. The molecule has 0 spiro atoms. The molecule has 0 atom stereocenters. The van der Waals surface area contributed by atoms with Gasteiger partial charge >= 0.3 is 5.69 Å². The van der Waals surface area contributed by atoms with Gasteiger partial charge < -0.3 is 10.2 Å². The van der Waals surface area contributed by atoms with E-state index in [2.05, 4.69) is 32.4 Å². The molecule has 2 aromatic heterocycles. The van der Waals surface area contributed by atoms with E-state index in [1.54, 1.807) is 6.07 Å². The molecule has 0 unspecified atom stereocenters. The molecule has 8 nitrogen and oxygen atoms in total. The third-order valence-corrected chi connectivity index (χ3v) is 5.69. The van der Waals surface area contributed by atoms with Crippen LogP contribution in [0.2, 0.25) is 0 Å². The minimum absolute atomic E-state index is 0.171. The van der Waals surface area contributed by atoms with Gasteiger partial charge in [0.2, 0.25) is 11.9 Å². The molecular formula is C24H24N6O2. The predicted molar refractivity (Wildman–Crippen MR) is 123 cm³/mol. The predicted octanol–water partition coefficient (Wildman–Crippen LogP) is 2.71. The fourth-order valence-electron chi connectivity index (χ4n) is 4.17. The van der Waals surface area contributed by atoms with Crippen LogP contribution in [0.25, 0.3) is 5.65 Å². The highest BCUT2D eigenvalue weighted by atomic mass is 16.2. The molecule has 0 saturated carbocycles. The lowest BCUT2D eigenvalue weighted by Gasteiger charge is -2.29. The summed E-state index contributed by atoms with van der Waals surface area (Å²) in [6.07, 6.45) is 0.884. The van der Waals surface area contributed by atoms with Gasteiger partial charge in [0.25, 0.3) is 0 Å². The number of hydrogen-bond donors (Lipinski definition) is 1. The average Bonchev–Trinajstić information content (AvgIpc) is 3.07. The molecule has 1 aliphatic rings. The number of nitrogens with one attached hydrogen (secondary N) is 1. The second-order valence-corrected chi connectivity index (χ2v) is 8.19. The lowest BCUT2D eigenvalue weighted by Crippen LogP contribution is -2.35. The Morgan fingerprint density at radius 1 is 1.06 bits per heavy atom. The summed E-state index contributed by atoms with van der Waals surface area (Å²) >= 11 is 0. The quantitative estimate of drug-likeness (QED) is 0.540. The second kappa shape index (κ2) is 7.96. The molecule has 5 rings (SSSR count). The summed E-state index contributed by atoms with van der Waals surface area (Å²) in [6.45, 7) is 5.10. The Hall–Kier alpha value is -3.94. The summed E-state index contributed by atoms with van der Waals surface area (Å²) in [7, 11) is 0. The molecule has 1 N–H and O–H groups in total. The maximum Gasteiger partial charge on any atom is 0.353 e. The Labute approximate surface area is 185 Å². The molecule has 4 aromatic rings. The summed E-state index contributed by atoms with van der Waals surface area (Å²) in [4.78, 5) is 32.5. The van der Waals surface area contributed by atoms with Crippen LogP contribution in [0.1, 0.15) is 22.4 Å². The van der Waals surface area contributed by atoms with Crippen molar-refractivity contribution in [1.29, 1.82) is 0 Å². The van der Waals surface area contributed by atoms with E-state index in [4.69, 9.17) is 0 Å². The fraction of sp³-hybridized carbons (Fsp3) is 0.250. The third-order valence-electron chi connectivity index (χ3n) is 5.69. The van der Waals surface area contributed by atoms with Crippen molar-refractivity contribution in [2.24, 2.45) is 0 Å². The summed E-state index contributed by atoms with van der Waals surface area (Å²) in [5.74, 6) is 0.254. The monoisotopic (exact) mass is 428 g/mol. The van der Waals surface area contributed by atoms with Gasteiger partial charge in [-0.3, -0.25) is 4.79 Å². The molecule has 162 valence electrons. The van der Waals surface area contributed by atoms with Crippen molar-refractivity contribution in [3.05, 3.63) is 87.5 Å². The van der Waals surface area contributed by atoms with Crippen LogP contribution >= 0.6 is 0 Å². The topological polar surface area (TPSA) is 84.5 Å². The lowest BCUT2D eigenvalue weighted by atomic mass is 10.0. The van der Waals surface area contributed by atoms with Gasteiger partial charge in [0.1, 0.15) is 6.54 Å². The van der Waals surface area contributed by atoms with Crippen LogP contribution in [0.5, 0.6) is 0 Å². The zero-order valence-corrected chi connectivity index (χ0v) is 18.1. The Morgan fingerprint density at radius 3 is 2.69 bits per heavy atom. The molecule has 0 fully saturated rings. The Balaban J connectivity index is 1.46. The molecule has 1 aliphatic heterocycles. The Kier molecular flexibility index (Phi) is 4.97. The molecule has 0 saturated heterocycles. The Bertz CT molecular complexity index is 1390. The van der Waals surface area contributed by atoms with Crippen LogP contribution in [-0.4, -0.2) is 31.6 Å². The van der Waals surface area contributed by atoms with Gasteiger partial charge in [-0.2, -0.15) is 0 Å². The number of nitrogens with zero attached hydrogens (tertiary/aromatic N) is 5. The van der Waals surface area contributed by atoms with E-state index in [9.17, 15) is 9.59 Å². The number of carbonyl (C=O) groups excluding carboxylic acids is 1. The first-order chi connectivity index (χ1) is 15.5. The maximum atomic E-state index is 13.2. The van der Waals surface area contributed by atoms with E-state index >= 15 is 0 Å². The molecule has 32 heavy (non-hydrogen) atoms. The van der Waals surface area contributed by atoms with Crippen LogP contribution in [0.4, 0.5) is 11.6 Å². The van der Waals surface area contributed by atoms with Crippen molar-refractivity contribution in [3.8, 4) is 0 Å². The maximum absolute atomic E-state index is 13.2. The first-order valence-electron chi connectivity index (χ1n) is 10.6. The normalized spacial score (nSPS) is 13.2. The number of aromatic nitrogens is 4. The van der Waals surface area contributed by atoms with Gasteiger partial charge in [-0.05, 0) is 49.1 Å². The minimum Gasteiger partial charge on any atom is -0.337 e. The van der Waals surface area contributed by atoms with Crippen LogP contribution in [0.3, 0.4) is 0 Å². The van der Waals surface area contributed by atoms with Crippen molar-refractivity contribution in [2.75, 3.05) is 16.8 Å². The molecular weight excluding hydrogens is 404 g/mol. The van der Waals surface area contributed by atoms with Crippen LogP contribution in [-0.2, 0) is 24.3 Å². The standard InChI is InChI=1S/C24H24N6O2/c1-16-6-5-9-20(12-16)26-22(31)15-29-24(32)30-21(27-29)13-17(2)25-23(30)28-11-10-18-7-3-4-8-19(18)14-28/h3-9,12-13H,10-11,14-15H2,1-2H3,(H,26,31). The van der Waals surface area contributed by atoms with Crippen molar-refractivity contribution in [3.63, 3.8) is 0 Å². The molecule has 8 heteroatoms. The third kappa shape index (κ3) is 3.75. The highest BCUT2D eigenvalue weighted by molar-refractivity contribution is 5.90. The van der Waals surface area contributed by atoms with Gasteiger partial charge in [0.15, 0.2) is 5.65 Å². The van der Waals surface area contributed by atoms with Gasteiger partial charge in [0.05, 0.1) is 0 Å². The van der Waals surface area contributed by atoms with Crippen molar-refractivity contribution >= 4 is 23.2 Å². The molecule has 0 aliphatic carbocycles. The molecule has 0 radical (unpaired) electrons. The summed E-state index contributed by atoms with van der Waals surface area (Å²) in [6, 6.07) is 17.6. The van der Waals surface area contributed by atoms with Crippen LogP contribution < -0.4 is 15.9 Å². The number of carbonyl (C=O) groups is 1. The van der Waals surface area contributed by atoms with Gasteiger partial charge in [0, 0.05) is 30.5 Å². The number of benzene rings is 2. The molecule has 1 amide bonds. The first-order valence-corrected chi connectivity index (χ1v) is 10.6. The van der Waals surface area contributed by atoms with E-state index in [-0.39, 0.29) is 18.1 Å². The van der Waals surface area contributed by atoms with Gasteiger partial charge in [-0.15, -0.1) is 5.10 Å².